The lowest BCUT2D eigenvalue weighted by atomic mass is 10.2. The maximum Gasteiger partial charge on any atom is 0.333 e. The number of carbonyl (C=O) groups excluding carboxylic acids is 1. The van der Waals surface area contributed by atoms with Crippen molar-refractivity contribution < 1.29 is 13.6 Å². The molecule has 0 saturated heterocycles. The fraction of sp³-hybridized carbons (Fsp3) is 0.300. The van der Waals surface area contributed by atoms with Crippen LogP contribution >= 0.6 is 22.6 Å². The molecular weight excluding hydrogens is 315 g/mol. The number of nitrogens with one attached hydrogen (secondary N) is 1. The highest BCUT2D eigenvalue weighted by Crippen LogP contribution is 2.19. The number of hydrogen-bond acceptors (Lipinski definition) is 1. The number of amides is 1. The molecule has 82 valence electrons. The molecule has 5 heteroatoms. The van der Waals surface area contributed by atoms with Crippen molar-refractivity contribution in [2.75, 3.05) is 9.74 Å². The lowest BCUT2D eigenvalue weighted by Gasteiger charge is -2.13. The second-order valence-electron chi connectivity index (χ2n) is 3.16. The van der Waals surface area contributed by atoms with Gasteiger partial charge in [-0.2, -0.15) is 8.78 Å². The van der Waals surface area contributed by atoms with Crippen LogP contribution in [0.15, 0.2) is 24.3 Å². The van der Waals surface area contributed by atoms with E-state index < -0.39 is 16.3 Å². The van der Waals surface area contributed by atoms with E-state index in [1.54, 1.807) is 24.3 Å². The second-order valence-corrected chi connectivity index (χ2v) is 3.92. The van der Waals surface area contributed by atoms with E-state index in [0.717, 1.165) is 5.56 Å². The van der Waals surface area contributed by atoms with E-state index in [0.29, 0.717) is 5.69 Å². The van der Waals surface area contributed by atoms with Gasteiger partial charge in [-0.15, -0.1) is 0 Å². The fourth-order valence-corrected chi connectivity index (χ4v) is 1.27. The van der Waals surface area contributed by atoms with Crippen LogP contribution in [0.4, 0.5) is 14.5 Å². The van der Waals surface area contributed by atoms with Crippen molar-refractivity contribution >= 4 is 34.2 Å². The van der Waals surface area contributed by atoms with Crippen LogP contribution in [0.2, 0.25) is 0 Å². The van der Waals surface area contributed by atoms with Crippen LogP contribution in [0.3, 0.4) is 0 Å². The van der Waals surface area contributed by atoms with E-state index in [1.165, 1.54) is 22.6 Å². The van der Waals surface area contributed by atoms with Gasteiger partial charge in [-0.1, -0.05) is 40.3 Å². The monoisotopic (exact) mass is 325 g/mol. The minimum Gasteiger partial charge on any atom is -0.321 e. The van der Waals surface area contributed by atoms with Crippen molar-refractivity contribution in [3.8, 4) is 0 Å². The molecule has 0 aliphatic heterocycles. The van der Waals surface area contributed by atoms with Crippen molar-refractivity contribution in [1.82, 2.24) is 0 Å². The molecule has 0 radical (unpaired) electrons. The molecule has 0 aromatic heterocycles. The Bertz CT molecular complexity index is 351. The second kappa shape index (κ2) is 4.87. The number of alkyl halides is 3. The normalized spacial score (nSPS) is 11.2. The molecule has 1 N–H and O–H groups in total. The topological polar surface area (TPSA) is 29.1 Å². The molecule has 0 unspecified atom stereocenters. The molecule has 0 heterocycles. The number of rotatable bonds is 3. The molecule has 1 rings (SSSR count). The van der Waals surface area contributed by atoms with Gasteiger partial charge in [0, 0.05) is 5.69 Å². The Balaban J connectivity index is 2.71. The number of anilines is 1. The van der Waals surface area contributed by atoms with Gasteiger partial charge >= 0.3 is 5.92 Å². The van der Waals surface area contributed by atoms with Gasteiger partial charge in [0.25, 0.3) is 5.91 Å². The van der Waals surface area contributed by atoms with Crippen molar-refractivity contribution in [2.45, 2.75) is 12.8 Å². The quantitative estimate of drug-likeness (QED) is 0.672. The number of benzene rings is 1. The summed E-state index contributed by atoms with van der Waals surface area (Å²) in [5.74, 6) is -4.58. The van der Waals surface area contributed by atoms with Gasteiger partial charge in [0.1, 0.15) is 0 Å². The van der Waals surface area contributed by atoms with Crippen molar-refractivity contribution in [1.29, 1.82) is 0 Å². The first-order chi connectivity index (χ1) is 6.95. The minimum atomic E-state index is -3.31. The maximum atomic E-state index is 12.9. The first kappa shape index (κ1) is 12.4. The highest BCUT2D eigenvalue weighted by Gasteiger charge is 2.37. The van der Waals surface area contributed by atoms with Gasteiger partial charge < -0.3 is 5.32 Å². The zero-order chi connectivity index (χ0) is 11.5. The summed E-state index contributed by atoms with van der Waals surface area (Å²) < 4.78 is 25.3. The number of halogens is 3. The third-order valence-corrected chi connectivity index (χ3v) is 2.77. The molecule has 0 aliphatic rings. The number of carbonyl (C=O) groups is 1. The van der Waals surface area contributed by atoms with Crippen LogP contribution in [-0.4, -0.2) is 16.3 Å². The van der Waals surface area contributed by atoms with Gasteiger partial charge in [-0.05, 0) is 19.1 Å². The molecule has 0 spiro atoms. The van der Waals surface area contributed by atoms with Crippen LogP contribution in [0.25, 0.3) is 0 Å². The van der Waals surface area contributed by atoms with Gasteiger partial charge in [0.2, 0.25) is 0 Å². The van der Waals surface area contributed by atoms with Gasteiger partial charge in [0.15, 0.2) is 0 Å². The van der Waals surface area contributed by atoms with E-state index >= 15 is 0 Å². The predicted molar refractivity (Wildman–Crippen MR) is 63.6 cm³/mol. The average molecular weight is 325 g/mol. The molecule has 2 nitrogen and oxygen atoms in total. The summed E-state index contributed by atoms with van der Waals surface area (Å²) in [6.45, 7) is 1.88. The first-order valence-electron chi connectivity index (χ1n) is 4.27. The molecule has 0 atom stereocenters. The van der Waals surface area contributed by atoms with E-state index in [9.17, 15) is 13.6 Å². The lowest BCUT2D eigenvalue weighted by molar-refractivity contribution is -0.136. The van der Waals surface area contributed by atoms with Crippen LogP contribution in [0.1, 0.15) is 5.56 Å². The highest BCUT2D eigenvalue weighted by molar-refractivity contribution is 14.1. The Morgan fingerprint density at radius 1 is 1.40 bits per heavy atom. The Hall–Kier alpha value is -0.720. The summed E-state index contributed by atoms with van der Waals surface area (Å²) in [7, 11) is 0. The summed E-state index contributed by atoms with van der Waals surface area (Å²) in [4.78, 5) is 11.1. The van der Waals surface area contributed by atoms with E-state index in [1.807, 2.05) is 6.92 Å². The Morgan fingerprint density at radius 2 is 1.93 bits per heavy atom. The van der Waals surface area contributed by atoms with Crippen LogP contribution in [-0.2, 0) is 4.79 Å². The van der Waals surface area contributed by atoms with Crippen LogP contribution < -0.4 is 5.32 Å². The third kappa shape index (κ3) is 3.40. The van der Waals surface area contributed by atoms with Gasteiger partial charge in [-0.25, -0.2) is 0 Å². The van der Waals surface area contributed by atoms with Crippen LogP contribution in [0.5, 0.6) is 0 Å². The average Bonchev–Trinajstić information content (AvgIpc) is 2.21. The van der Waals surface area contributed by atoms with Crippen molar-refractivity contribution in [2.24, 2.45) is 0 Å². The smallest absolute Gasteiger partial charge is 0.321 e. The summed E-state index contributed by atoms with van der Waals surface area (Å²) in [5, 5.41) is 2.17. The number of aryl methyl sites for hydroxylation is 1. The SMILES string of the molecule is Cc1ccc(NC(=O)C(F)(F)CI)cc1. The molecule has 15 heavy (non-hydrogen) atoms. The zero-order valence-corrected chi connectivity index (χ0v) is 10.2. The largest absolute Gasteiger partial charge is 0.333 e. The van der Waals surface area contributed by atoms with E-state index in [2.05, 4.69) is 5.32 Å². The van der Waals surface area contributed by atoms with Crippen molar-refractivity contribution in [3.63, 3.8) is 0 Å². The third-order valence-electron chi connectivity index (χ3n) is 1.81. The Kier molecular flexibility index (Phi) is 4.01. The first-order valence-corrected chi connectivity index (χ1v) is 5.80. The molecule has 0 bridgehead atoms. The van der Waals surface area contributed by atoms with E-state index in [-0.39, 0.29) is 0 Å². The predicted octanol–water partition coefficient (Wildman–Crippen LogP) is 3.00. The minimum absolute atomic E-state index is 0.384. The zero-order valence-electron chi connectivity index (χ0n) is 8.06. The standard InChI is InChI=1S/C10H10F2INO/c1-7-2-4-8(5-3-7)14-9(15)10(11,12)6-13/h2-5H,6H2,1H3,(H,14,15). The van der Waals surface area contributed by atoms with Gasteiger partial charge in [-0.3, -0.25) is 4.79 Å². The lowest BCUT2D eigenvalue weighted by Crippen LogP contribution is -2.35. The van der Waals surface area contributed by atoms with Crippen molar-refractivity contribution in [3.05, 3.63) is 29.8 Å². The fourth-order valence-electron chi connectivity index (χ4n) is 0.920. The Morgan fingerprint density at radius 3 is 2.40 bits per heavy atom. The molecular formula is C10H10F2INO. The number of hydrogen-bond donors (Lipinski definition) is 1. The van der Waals surface area contributed by atoms with Gasteiger partial charge in [0.05, 0.1) is 4.43 Å². The molecule has 0 fully saturated rings. The molecule has 1 aromatic rings. The summed E-state index contributed by atoms with van der Waals surface area (Å²) >= 11 is 1.48. The molecule has 0 saturated carbocycles. The maximum absolute atomic E-state index is 12.9. The van der Waals surface area contributed by atoms with Crippen LogP contribution in [0, 0.1) is 6.92 Å². The molecule has 1 amide bonds. The molecule has 0 aliphatic carbocycles. The summed E-state index contributed by atoms with van der Waals surface area (Å²) in [6, 6.07) is 6.68. The van der Waals surface area contributed by atoms with E-state index in [4.69, 9.17) is 0 Å². The highest BCUT2D eigenvalue weighted by atomic mass is 127. The Labute approximate surface area is 100 Å². The summed E-state index contributed by atoms with van der Waals surface area (Å²) in [5.41, 5.74) is 1.39. The molecule has 1 aromatic carbocycles. The summed E-state index contributed by atoms with van der Waals surface area (Å²) in [6.07, 6.45) is 0.